The molecule has 1 unspecified atom stereocenters. The second kappa shape index (κ2) is 8.96. The van der Waals surface area contributed by atoms with Gasteiger partial charge in [0.25, 0.3) is 0 Å². The second-order valence-electron chi connectivity index (χ2n) is 7.44. The van der Waals surface area contributed by atoms with E-state index in [9.17, 15) is 8.42 Å². The molecule has 1 aliphatic rings. The molecule has 1 fully saturated rings. The molecule has 1 saturated heterocycles. The lowest BCUT2D eigenvalue weighted by Gasteiger charge is -2.22. The number of hydrogen-bond acceptors (Lipinski definition) is 4. The fraction of sp³-hybridized carbons (Fsp3) is 0.500. The molecule has 3 rings (SSSR count). The molecular weight excluding hydrogens is 388 g/mol. The van der Waals surface area contributed by atoms with Gasteiger partial charge in [-0.25, -0.2) is 17.7 Å². The van der Waals surface area contributed by atoms with Crippen molar-refractivity contribution in [2.45, 2.75) is 30.7 Å². The number of aryl methyl sites for hydroxylation is 1. The van der Waals surface area contributed by atoms with Crippen LogP contribution < -0.4 is 5.32 Å². The van der Waals surface area contributed by atoms with Crippen molar-refractivity contribution < 1.29 is 8.42 Å². The Labute approximate surface area is 173 Å². The molecule has 2 aromatic rings. The van der Waals surface area contributed by atoms with Crippen molar-refractivity contribution in [1.82, 2.24) is 24.3 Å². The zero-order chi connectivity index (χ0) is 21.0. The highest BCUT2D eigenvalue weighted by atomic mass is 32.2. The number of nitrogens with one attached hydrogen (secondary N) is 1. The van der Waals surface area contributed by atoms with Crippen molar-refractivity contribution in [1.29, 1.82) is 0 Å². The smallest absolute Gasteiger partial charge is 0.242 e. The number of sulfonamides is 1. The third kappa shape index (κ3) is 4.79. The maximum absolute atomic E-state index is 12.6. The summed E-state index contributed by atoms with van der Waals surface area (Å²) in [5.74, 6) is 1.24. The molecule has 158 valence electrons. The highest BCUT2D eigenvalue weighted by Gasteiger charge is 2.27. The molecule has 0 amide bonds. The van der Waals surface area contributed by atoms with Gasteiger partial charge in [-0.1, -0.05) is 18.2 Å². The van der Waals surface area contributed by atoms with E-state index in [1.54, 1.807) is 26.2 Å². The van der Waals surface area contributed by atoms with Crippen LogP contribution in [0.5, 0.6) is 0 Å². The number of hydrogen-bond donors (Lipinski definition) is 1. The summed E-state index contributed by atoms with van der Waals surface area (Å²) in [6, 6.07) is 7.06. The Morgan fingerprint density at radius 1 is 1.34 bits per heavy atom. The van der Waals surface area contributed by atoms with Crippen LogP contribution in [0.4, 0.5) is 0 Å². The predicted octanol–water partition coefficient (Wildman–Crippen LogP) is 1.63. The molecule has 2 heterocycles. The minimum absolute atomic E-state index is 0.305. The standard InChI is InChI=1S/C20H30N6O2S/c1-5-21-20(26-11-10-17(15-26)18-13-23-25(4)14-18)22-12-16-8-6-7-9-19(16)29(27,28)24(2)3/h6-9,13-14,17H,5,10-12,15H2,1-4H3,(H,21,22). The molecule has 1 aromatic carbocycles. The Hall–Kier alpha value is -2.39. The number of nitrogens with zero attached hydrogens (tertiary/aromatic N) is 5. The first-order chi connectivity index (χ1) is 13.8. The normalized spacial score (nSPS) is 17.9. The van der Waals surface area contributed by atoms with Gasteiger partial charge < -0.3 is 10.2 Å². The van der Waals surface area contributed by atoms with Gasteiger partial charge in [0.05, 0.1) is 17.6 Å². The Balaban J connectivity index is 1.79. The molecule has 0 saturated carbocycles. The average Bonchev–Trinajstić information content (AvgIpc) is 3.34. The quantitative estimate of drug-likeness (QED) is 0.569. The first kappa shape index (κ1) is 21.3. The van der Waals surface area contributed by atoms with Crippen LogP contribution in [-0.4, -0.2) is 67.1 Å². The van der Waals surface area contributed by atoms with E-state index >= 15 is 0 Å². The van der Waals surface area contributed by atoms with Crippen LogP contribution in [0, 0.1) is 0 Å². The zero-order valence-electron chi connectivity index (χ0n) is 17.5. The van der Waals surface area contributed by atoms with Gasteiger partial charge in [-0.05, 0) is 30.5 Å². The van der Waals surface area contributed by atoms with Crippen molar-refractivity contribution >= 4 is 16.0 Å². The SMILES string of the molecule is CCNC(=NCc1ccccc1S(=O)(=O)N(C)C)N1CCC(c2cnn(C)c2)C1. The monoisotopic (exact) mass is 418 g/mol. The van der Waals surface area contributed by atoms with E-state index in [2.05, 4.69) is 21.5 Å². The van der Waals surface area contributed by atoms with Gasteiger partial charge >= 0.3 is 0 Å². The lowest BCUT2D eigenvalue weighted by atomic mass is 10.0. The Morgan fingerprint density at radius 2 is 2.10 bits per heavy atom. The third-order valence-electron chi connectivity index (χ3n) is 5.15. The zero-order valence-corrected chi connectivity index (χ0v) is 18.4. The largest absolute Gasteiger partial charge is 0.357 e. The first-order valence-corrected chi connectivity index (χ1v) is 11.3. The van der Waals surface area contributed by atoms with E-state index in [1.165, 1.54) is 9.87 Å². The second-order valence-corrected chi connectivity index (χ2v) is 9.56. The Morgan fingerprint density at radius 3 is 2.76 bits per heavy atom. The number of benzene rings is 1. The van der Waals surface area contributed by atoms with Crippen LogP contribution in [0.3, 0.4) is 0 Å². The number of aliphatic imine (C=N–C) groups is 1. The highest BCUT2D eigenvalue weighted by molar-refractivity contribution is 7.89. The first-order valence-electron chi connectivity index (χ1n) is 9.85. The van der Waals surface area contributed by atoms with Crippen molar-refractivity contribution in [2.75, 3.05) is 33.7 Å². The molecule has 1 aromatic heterocycles. The summed E-state index contributed by atoms with van der Waals surface area (Å²) in [6.45, 7) is 4.87. The van der Waals surface area contributed by atoms with E-state index in [4.69, 9.17) is 4.99 Å². The number of aromatic nitrogens is 2. The molecule has 8 nitrogen and oxygen atoms in total. The van der Waals surface area contributed by atoms with E-state index in [0.29, 0.717) is 22.9 Å². The minimum Gasteiger partial charge on any atom is -0.357 e. The van der Waals surface area contributed by atoms with Crippen molar-refractivity contribution in [3.8, 4) is 0 Å². The summed E-state index contributed by atoms with van der Waals surface area (Å²) < 4.78 is 28.3. The lowest BCUT2D eigenvalue weighted by Crippen LogP contribution is -2.40. The minimum atomic E-state index is -3.51. The summed E-state index contributed by atoms with van der Waals surface area (Å²) >= 11 is 0. The van der Waals surface area contributed by atoms with Crippen LogP contribution in [-0.2, 0) is 23.6 Å². The number of guanidine groups is 1. The van der Waals surface area contributed by atoms with Crippen LogP contribution in [0.2, 0.25) is 0 Å². The number of rotatable bonds is 6. The van der Waals surface area contributed by atoms with Crippen LogP contribution in [0.1, 0.15) is 30.4 Å². The van der Waals surface area contributed by atoms with E-state index in [0.717, 1.165) is 32.0 Å². The van der Waals surface area contributed by atoms with Gasteiger partial charge in [-0.3, -0.25) is 4.68 Å². The molecular formula is C20H30N6O2S. The summed E-state index contributed by atoms with van der Waals surface area (Å²) in [5, 5.41) is 7.63. The average molecular weight is 419 g/mol. The number of likely N-dealkylation sites (tertiary alicyclic amines) is 1. The molecule has 1 atom stereocenters. The summed E-state index contributed by atoms with van der Waals surface area (Å²) in [7, 11) is 1.51. The van der Waals surface area contributed by atoms with Gasteiger partial charge in [-0.2, -0.15) is 5.10 Å². The molecule has 0 spiro atoms. The highest BCUT2D eigenvalue weighted by Crippen LogP contribution is 2.27. The lowest BCUT2D eigenvalue weighted by molar-refractivity contribution is 0.485. The summed E-state index contributed by atoms with van der Waals surface area (Å²) in [6.07, 6.45) is 5.04. The molecule has 0 aliphatic carbocycles. The summed E-state index contributed by atoms with van der Waals surface area (Å²) in [4.78, 5) is 7.31. The molecule has 0 radical (unpaired) electrons. The topological polar surface area (TPSA) is 82.8 Å². The van der Waals surface area contributed by atoms with Gasteiger partial charge in [0, 0.05) is 52.9 Å². The van der Waals surface area contributed by atoms with E-state index < -0.39 is 10.0 Å². The molecule has 1 N–H and O–H groups in total. The maximum atomic E-state index is 12.6. The van der Waals surface area contributed by atoms with Gasteiger partial charge in [0.15, 0.2) is 5.96 Å². The Kier molecular flexibility index (Phi) is 6.59. The molecule has 1 aliphatic heterocycles. The molecule has 29 heavy (non-hydrogen) atoms. The van der Waals surface area contributed by atoms with Crippen LogP contribution in [0.15, 0.2) is 46.5 Å². The van der Waals surface area contributed by atoms with Crippen LogP contribution in [0.25, 0.3) is 0 Å². The van der Waals surface area contributed by atoms with Gasteiger partial charge in [0.1, 0.15) is 0 Å². The van der Waals surface area contributed by atoms with Crippen molar-refractivity contribution in [3.05, 3.63) is 47.8 Å². The maximum Gasteiger partial charge on any atom is 0.242 e. The summed E-state index contributed by atoms with van der Waals surface area (Å²) in [5.41, 5.74) is 1.94. The van der Waals surface area contributed by atoms with Gasteiger partial charge in [0.2, 0.25) is 10.0 Å². The van der Waals surface area contributed by atoms with Crippen molar-refractivity contribution in [3.63, 3.8) is 0 Å². The van der Waals surface area contributed by atoms with Crippen LogP contribution >= 0.6 is 0 Å². The van der Waals surface area contributed by atoms with E-state index in [1.807, 2.05) is 37.0 Å². The fourth-order valence-electron chi connectivity index (χ4n) is 3.54. The van der Waals surface area contributed by atoms with E-state index in [-0.39, 0.29) is 0 Å². The molecule has 0 bridgehead atoms. The van der Waals surface area contributed by atoms with Crippen molar-refractivity contribution in [2.24, 2.45) is 12.0 Å². The van der Waals surface area contributed by atoms with Gasteiger partial charge in [-0.15, -0.1) is 0 Å². The predicted molar refractivity (Wildman–Crippen MR) is 114 cm³/mol. The third-order valence-corrected chi connectivity index (χ3v) is 7.06. The molecule has 9 heteroatoms. The Bertz CT molecular complexity index is 967. The fourth-order valence-corrected chi connectivity index (χ4v) is 4.65.